The predicted octanol–water partition coefficient (Wildman–Crippen LogP) is 3.08. The van der Waals surface area contributed by atoms with Crippen LogP contribution in [0.2, 0.25) is 0 Å². The maximum Gasteiger partial charge on any atom is 0.348 e. The third-order valence-electron chi connectivity index (χ3n) is 2.53. The summed E-state index contributed by atoms with van der Waals surface area (Å²) in [5.74, 6) is -0.334. The minimum Gasteiger partial charge on any atom is -0.462 e. The molecule has 0 N–H and O–H groups in total. The van der Waals surface area contributed by atoms with Gasteiger partial charge in [-0.3, -0.25) is 4.79 Å². The molecule has 1 aromatic rings. The van der Waals surface area contributed by atoms with E-state index in [0.717, 1.165) is 0 Å². The molecule has 0 saturated carbocycles. The maximum absolute atomic E-state index is 11.5. The van der Waals surface area contributed by atoms with Gasteiger partial charge < -0.3 is 9.47 Å². The molecule has 1 rings (SSSR count). The summed E-state index contributed by atoms with van der Waals surface area (Å²) in [5, 5.41) is 8.98. The molecule has 0 aromatic heterocycles. The van der Waals surface area contributed by atoms with Crippen LogP contribution >= 0.6 is 11.6 Å². The summed E-state index contributed by atoms with van der Waals surface area (Å²) >= 11 is 5.51. The lowest BCUT2D eigenvalue weighted by Crippen LogP contribution is -2.08. The van der Waals surface area contributed by atoms with Crippen LogP contribution in [0.5, 0.6) is 5.75 Å². The van der Waals surface area contributed by atoms with E-state index in [-0.39, 0.29) is 24.6 Å². The van der Waals surface area contributed by atoms with Crippen molar-refractivity contribution in [2.45, 2.75) is 19.8 Å². The molecule has 0 aliphatic rings. The molecule has 0 spiro atoms. The van der Waals surface area contributed by atoms with Crippen LogP contribution < -0.4 is 4.74 Å². The summed E-state index contributed by atoms with van der Waals surface area (Å²) in [7, 11) is 0. The largest absolute Gasteiger partial charge is 0.462 e. The number of carbonyl (C=O) groups is 2. The lowest BCUT2D eigenvalue weighted by molar-refractivity contribution is -0.138. The number of esters is 2. The number of halogens is 1. The van der Waals surface area contributed by atoms with E-state index in [0.29, 0.717) is 23.6 Å². The number of ether oxygens (including phenoxy) is 2. The number of benzene rings is 1. The quantitative estimate of drug-likeness (QED) is 0.253. The molecule has 0 heterocycles. The summed E-state index contributed by atoms with van der Waals surface area (Å²) in [4.78, 5) is 23.1. The van der Waals surface area contributed by atoms with Gasteiger partial charge in [0, 0.05) is 12.3 Å². The van der Waals surface area contributed by atoms with E-state index < -0.39 is 5.97 Å². The van der Waals surface area contributed by atoms with Gasteiger partial charge in [0.1, 0.15) is 17.4 Å². The highest BCUT2D eigenvalue weighted by atomic mass is 35.5. The van der Waals surface area contributed by atoms with E-state index in [1.165, 1.54) is 6.08 Å². The van der Waals surface area contributed by atoms with E-state index in [2.05, 4.69) is 0 Å². The molecule has 0 atom stereocenters. The van der Waals surface area contributed by atoms with Crippen molar-refractivity contribution >= 4 is 29.6 Å². The first kappa shape index (κ1) is 17.7. The van der Waals surface area contributed by atoms with Crippen molar-refractivity contribution in [1.82, 2.24) is 0 Å². The van der Waals surface area contributed by atoms with Crippen molar-refractivity contribution in [3.05, 3.63) is 35.4 Å². The van der Waals surface area contributed by atoms with Crippen molar-refractivity contribution < 1.29 is 19.1 Å². The second kappa shape index (κ2) is 9.59. The zero-order valence-corrected chi connectivity index (χ0v) is 12.9. The smallest absolute Gasteiger partial charge is 0.348 e. The predicted molar refractivity (Wildman–Crippen MR) is 82.3 cm³/mol. The molecule has 0 saturated heterocycles. The molecule has 0 unspecified atom stereocenters. The lowest BCUT2D eigenvalue weighted by Gasteiger charge is -2.05. The van der Waals surface area contributed by atoms with Crippen LogP contribution in [0.15, 0.2) is 29.8 Å². The molecular weight excluding hydrogens is 306 g/mol. The minimum atomic E-state index is -0.686. The minimum absolute atomic E-state index is 0.118. The van der Waals surface area contributed by atoms with Gasteiger partial charge in [-0.25, -0.2) is 4.79 Å². The maximum atomic E-state index is 11.5. The number of hydrogen-bond acceptors (Lipinski definition) is 5. The van der Waals surface area contributed by atoms with E-state index >= 15 is 0 Å². The van der Waals surface area contributed by atoms with Crippen molar-refractivity contribution in [2.24, 2.45) is 0 Å². The number of hydrogen-bond donors (Lipinski definition) is 0. The fourth-order valence-corrected chi connectivity index (χ4v) is 1.71. The van der Waals surface area contributed by atoms with Gasteiger partial charge in [-0.1, -0.05) is 12.1 Å². The number of nitrogens with zero attached hydrogens (tertiary/aromatic N) is 1. The Morgan fingerprint density at radius 2 is 2.18 bits per heavy atom. The first-order valence-corrected chi connectivity index (χ1v) is 7.29. The highest BCUT2D eigenvalue weighted by Crippen LogP contribution is 2.17. The van der Waals surface area contributed by atoms with Crippen LogP contribution in [0.1, 0.15) is 25.3 Å². The highest BCUT2D eigenvalue weighted by molar-refractivity contribution is 6.17. The number of carbonyl (C=O) groups excluding carboxylic acids is 2. The summed E-state index contributed by atoms with van der Waals surface area (Å²) in [6.45, 7) is 1.85. The molecule has 22 heavy (non-hydrogen) atoms. The van der Waals surface area contributed by atoms with Crippen molar-refractivity contribution in [3.8, 4) is 11.8 Å². The molecule has 0 bridgehead atoms. The van der Waals surface area contributed by atoms with Crippen LogP contribution in [0.25, 0.3) is 6.08 Å². The third kappa shape index (κ3) is 5.98. The Kier molecular flexibility index (Phi) is 7.73. The Morgan fingerprint density at radius 3 is 2.82 bits per heavy atom. The van der Waals surface area contributed by atoms with E-state index in [4.69, 9.17) is 26.3 Å². The van der Waals surface area contributed by atoms with E-state index in [9.17, 15) is 9.59 Å². The molecule has 116 valence electrons. The second-order valence-corrected chi connectivity index (χ2v) is 4.61. The van der Waals surface area contributed by atoms with Crippen LogP contribution in [-0.2, 0) is 14.3 Å². The van der Waals surface area contributed by atoms with Gasteiger partial charge in [0.05, 0.1) is 6.61 Å². The van der Waals surface area contributed by atoms with Crippen molar-refractivity contribution in [3.63, 3.8) is 0 Å². The highest BCUT2D eigenvalue weighted by Gasteiger charge is 2.10. The Hall–Kier alpha value is -2.32. The molecule has 0 aliphatic carbocycles. The van der Waals surface area contributed by atoms with Gasteiger partial charge in [0.2, 0.25) is 0 Å². The van der Waals surface area contributed by atoms with Gasteiger partial charge in [0.15, 0.2) is 0 Å². The Bertz CT molecular complexity index is 604. The fraction of sp³-hybridized carbons (Fsp3) is 0.312. The Balaban J connectivity index is 2.85. The first-order valence-electron chi connectivity index (χ1n) is 6.76. The van der Waals surface area contributed by atoms with Crippen LogP contribution in [0, 0.1) is 11.3 Å². The molecule has 0 radical (unpaired) electrons. The van der Waals surface area contributed by atoms with E-state index in [1.54, 1.807) is 37.3 Å². The molecule has 1 aromatic carbocycles. The van der Waals surface area contributed by atoms with Crippen LogP contribution in [-0.4, -0.2) is 24.4 Å². The topological polar surface area (TPSA) is 76.4 Å². The van der Waals surface area contributed by atoms with Crippen molar-refractivity contribution in [2.75, 3.05) is 12.5 Å². The summed E-state index contributed by atoms with van der Waals surface area (Å²) in [6.07, 6.45) is 2.16. The standard InChI is InChI=1S/C16H16ClNO4/c1-2-21-16(20)13(11-18)9-12-5-3-6-14(10-12)22-15(19)7-4-8-17/h3,5-6,9-10H,2,4,7-8H2,1H3/b13-9+. The number of nitriles is 1. The molecule has 0 fully saturated rings. The zero-order valence-electron chi connectivity index (χ0n) is 12.2. The van der Waals surface area contributed by atoms with Gasteiger partial charge in [-0.05, 0) is 37.1 Å². The van der Waals surface area contributed by atoms with Crippen molar-refractivity contribution in [1.29, 1.82) is 5.26 Å². The Labute approximate surface area is 134 Å². The first-order chi connectivity index (χ1) is 10.6. The summed E-state index contributed by atoms with van der Waals surface area (Å²) < 4.78 is 9.93. The molecule has 5 nitrogen and oxygen atoms in total. The fourth-order valence-electron chi connectivity index (χ4n) is 1.57. The molecular formula is C16H16ClNO4. The Morgan fingerprint density at radius 1 is 1.41 bits per heavy atom. The molecule has 0 amide bonds. The normalized spacial score (nSPS) is 10.7. The SMILES string of the molecule is CCOC(=O)/C(C#N)=C/c1cccc(OC(=O)CCCCl)c1. The average molecular weight is 322 g/mol. The van der Waals surface area contributed by atoms with Crippen LogP contribution in [0.4, 0.5) is 0 Å². The van der Waals surface area contributed by atoms with E-state index in [1.807, 2.05) is 0 Å². The third-order valence-corrected chi connectivity index (χ3v) is 2.80. The summed E-state index contributed by atoms with van der Waals surface area (Å²) in [6, 6.07) is 8.32. The second-order valence-electron chi connectivity index (χ2n) is 4.23. The molecule has 6 heteroatoms. The monoisotopic (exact) mass is 321 g/mol. The number of alkyl halides is 1. The van der Waals surface area contributed by atoms with Gasteiger partial charge >= 0.3 is 11.9 Å². The molecule has 0 aliphatic heterocycles. The number of rotatable bonds is 7. The lowest BCUT2D eigenvalue weighted by atomic mass is 10.1. The van der Waals surface area contributed by atoms with Gasteiger partial charge in [0.25, 0.3) is 0 Å². The summed E-state index contributed by atoms with van der Waals surface area (Å²) in [5.41, 5.74) is 0.444. The van der Waals surface area contributed by atoms with Crippen LogP contribution in [0.3, 0.4) is 0 Å². The van der Waals surface area contributed by atoms with Gasteiger partial charge in [-0.2, -0.15) is 5.26 Å². The van der Waals surface area contributed by atoms with Gasteiger partial charge in [-0.15, -0.1) is 11.6 Å². The average Bonchev–Trinajstić information content (AvgIpc) is 2.51. The zero-order chi connectivity index (χ0) is 16.4.